The Kier molecular flexibility index (Phi) is 6.58. The topological polar surface area (TPSA) is 43.1 Å². The molecule has 3 saturated carbocycles. The van der Waals surface area contributed by atoms with Crippen molar-refractivity contribution >= 4 is 11.6 Å². The maximum atomic E-state index is 12.2. The third kappa shape index (κ3) is 4.00. The van der Waals surface area contributed by atoms with E-state index in [1.54, 1.807) is 0 Å². The van der Waals surface area contributed by atoms with E-state index >= 15 is 0 Å². The van der Waals surface area contributed by atoms with E-state index in [1.165, 1.54) is 44.9 Å². The maximum Gasteiger partial charge on any atom is 0.246 e. The summed E-state index contributed by atoms with van der Waals surface area (Å²) in [5.74, 6) is 4.13. The minimum atomic E-state index is -0.0361. The summed E-state index contributed by atoms with van der Waals surface area (Å²) in [6, 6.07) is 0. The van der Waals surface area contributed by atoms with E-state index in [2.05, 4.69) is 34.6 Å². The number of fused-ring (bicyclic) bond motifs is 5. The van der Waals surface area contributed by atoms with Crippen LogP contribution in [0.3, 0.4) is 0 Å². The van der Waals surface area contributed by atoms with Crippen LogP contribution in [0.2, 0.25) is 0 Å². The Morgan fingerprint density at radius 1 is 1.03 bits per heavy atom. The number of nitro groups is 1. The molecule has 4 aliphatic rings. The molecule has 0 radical (unpaired) electrons. The SMILES string of the molecule is CC(C)CCC[C@@H](C)[C@@H]1CC[C@@H]2[C@H]3CC([N+](=O)[O-])=C4C[C@@H](Cl)CC[C@]4(C)[C@@H]3CC[C@@]21C. The molecule has 4 rings (SSSR count). The van der Waals surface area contributed by atoms with Crippen LogP contribution in [0.1, 0.15) is 105 Å². The van der Waals surface area contributed by atoms with Gasteiger partial charge >= 0.3 is 0 Å². The van der Waals surface area contributed by atoms with Crippen molar-refractivity contribution in [1.29, 1.82) is 0 Å². The molecule has 0 aromatic rings. The minimum Gasteiger partial charge on any atom is -0.259 e. The Morgan fingerprint density at radius 2 is 1.77 bits per heavy atom. The van der Waals surface area contributed by atoms with Gasteiger partial charge in [-0.2, -0.15) is 0 Å². The van der Waals surface area contributed by atoms with Gasteiger partial charge in [0.05, 0.1) is 4.92 Å². The molecule has 0 saturated heterocycles. The van der Waals surface area contributed by atoms with Crippen molar-refractivity contribution in [3.63, 3.8) is 0 Å². The van der Waals surface area contributed by atoms with Crippen molar-refractivity contribution in [1.82, 2.24) is 0 Å². The van der Waals surface area contributed by atoms with Crippen molar-refractivity contribution in [2.24, 2.45) is 46.3 Å². The Labute approximate surface area is 194 Å². The summed E-state index contributed by atoms with van der Waals surface area (Å²) in [7, 11) is 0. The van der Waals surface area contributed by atoms with Crippen LogP contribution >= 0.6 is 11.6 Å². The lowest BCUT2D eigenvalue weighted by Gasteiger charge is -2.58. The van der Waals surface area contributed by atoms with E-state index < -0.39 is 0 Å². The van der Waals surface area contributed by atoms with Crippen LogP contribution in [0.25, 0.3) is 0 Å². The highest BCUT2D eigenvalue weighted by Crippen LogP contribution is 2.68. The minimum absolute atomic E-state index is 0.000985. The summed E-state index contributed by atoms with van der Waals surface area (Å²) >= 11 is 6.51. The predicted molar refractivity (Wildman–Crippen MR) is 129 cm³/mol. The first-order valence-electron chi connectivity index (χ1n) is 13.1. The molecule has 4 heteroatoms. The number of allylic oxidation sites excluding steroid dienone is 2. The lowest BCUT2D eigenvalue weighted by atomic mass is 9.46. The van der Waals surface area contributed by atoms with Crippen LogP contribution in [-0.2, 0) is 0 Å². The zero-order valence-electron chi connectivity index (χ0n) is 20.5. The normalized spacial score (nSPS) is 43.4. The molecular formula is C27H44ClNO2. The smallest absolute Gasteiger partial charge is 0.246 e. The van der Waals surface area contributed by atoms with Crippen molar-refractivity contribution in [3.05, 3.63) is 21.4 Å². The average molecular weight is 450 g/mol. The summed E-state index contributed by atoms with van der Waals surface area (Å²) in [5, 5.41) is 12.2. The first-order valence-corrected chi connectivity index (χ1v) is 13.5. The molecular weight excluding hydrogens is 406 g/mol. The molecule has 0 spiro atoms. The largest absolute Gasteiger partial charge is 0.259 e. The molecule has 4 aliphatic carbocycles. The van der Waals surface area contributed by atoms with Gasteiger partial charge in [-0.1, -0.05) is 53.9 Å². The molecule has 0 heterocycles. The molecule has 3 nitrogen and oxygen atoms in total. The van der Waals surface area contributed by atoms with E-state index in [9.17, 15) is 10.1 Å². The fourth-order valence-electron chi connectivity index (χ4n) is 8.94. The van der Waals surface area contributed by atoms with Crippen LogP contribution in [0, 0.1) is 56.5 Å². The van der Waals surface area contributed by atoms with Crippen molar-refractivity contribution in [2.45, 2.75) is 111 Å². The number of alkyl halides is 1. The number of hydrogen-bond donors (Lipinski definition) is 0. The van der Waals surface area contributed by atoms with E-state index in [1.807, 2.05) is 0 Å². The molecule has 0 aromatic heterocycles. The summed E-state index contributed by atoms with van der Waals surface area (Å²) in [5.41, 5.74) is 2.04. The molecule has 31 heavy (non-hydrogen) atoms. The molecule has 8 atom stereocenters. The van der Waals surface area contributed by atoms with E-state index in [0.717, 1.165) is 42.6 Å². The predicted octanol–water partition coefficient (Wildman–Crippen LogP) is 8.24. The lowest BCUT2D eigenvalue weighted by molar-refractivity contribution is -0.434. The van der Waals surface area contributed by atoms with Crippen LogP contribution in [0.4, 0.5) is 0 Å². The monoisotopic (exact) mass is 449 g/mol. The van der Waals surface area contributed by atoms with Crippen molar-refractivity contribution in [2.75, 3.05) is 0 Å². The third-order valence-electron chi connectivity index (χ3n) is 10.5. The van der Waals surface area contributed by atoms with Gasteiger partial charge in [0.15, 0.2) is 0 Å². The lowest BCUT2D eigenvalue weighted by Crippen LogP contribution is -2.52. The second-order valence-electron chi connectivity index (χ2n) is 12.6. The van der Waals surface area contributed by atoms with E-state index in [0.29, 0.717) is 35.3 Å². The van der Waals surface area contributed by atoms with Gasteiger partial charge in [-0.25, -0.2) is 0 Å². The third-order valence-corrected chi connectivity index (χ3v) is 10.9. The summed E-state index contributed by atoms with van der Waals surface area (Å²) < 4.78 is 0. The Balaban J connectivity index is 1.59. The summed E-state index contributed by atoms with van der Waals surface area (Å²) in [4.78, 5) is 12.1. The zero-order chi connectivity index (χ0) is 22.6. The van der Waals surface area contributed by atoms with Gasteiger partial charge in [0.25, 0.3) is 0 Å². The molecule has 176 valence electrons. The second kappa shape index (κ2) is 8.65. The zero-order valence-corrected chi connectivity index (χ0v) is 21.2. The van der Waals surface area contributed by atoms with Gasteiger partial charge in [0.2, 0.25) is 5.70 Å². The molecule has 0 unspecified atom stereocenters. The molecule has 0 aromatic carbocycles. The Morgan fingerprint density at radius 3 is 2.45 bits per heavy atom. The number of nitrogens with zero attached hydrogens (tertiary/aromatic N) is 1. The summed E-state index contributed by atoms with van der Waals surface area (Å²) in [6.45, 7) is 12.1. The molecule has 3 fully saturated rings. The maximum absolute atomic E-state index is 12.2. The highest BCUT2D eigenvalue weighted by Gasteiger charge is 2.61. The molecule has 0 bridgehead atoms. The Bertz CT molecular complexity index is 733. The molecule has 0 amide bonds. The van der Waals surface area contributed by atoms with Gasteiger partial charge in [-0.15, -0.1) is 11.6 Å². The first kappa shape index (κ1) is 23.6. The fourth-order valence-corrected chi connectivity index (χ4v) is 9.20. The summed E-state index contributed by atoms with van der Waals surface area (Å²) in [6.07, 6.45) is 12.7. The van der Waals surface area contributed by atoms with Gasteiger partial charge in [0.1, 0.15) is 0 Å². The number of halogens is 1. The van der Waals surface area contributed by atoms with Crippen LogP contribution in [0.5, 0.6) is 0 Å². The number of hydrogen-bond acceptors (Lipinski definition) is 2. The number of rotatable bonds is 6. The first-order chi connectivity index (χ1) is 14.6. The van der Waals surface area contributed by atoms with Crippen molar-refractivity contribution in [3.8, 4) is 0 Å². The molecule has 0 aliphatic heterocycles. The quantitative estimate of drug-likeness (QED) is 0.232. The molecule has 0 N–H and O–H groups in total. The van der Waals surface area contributed by atoms with Gasteiger partial charge < -0.3 is 0 Å². The average Bonchev–Trinajstić information content (AvgIpc) is 3.05. The van der Waals surface area contributed by atoms with Gasteiger partial charge in [-0.05, 0) is 91.3 Å². The van der Waals surface area contributed by atoms with Crippen LogP contribution < -0.4 is 0 Å². The van der Waals surface area contributed by atoms with Gasteiger partial charge in [0, 0.05) is 17.4 Å². The van der Waals surface area contributed by atoms with Crippen molar-refractivity contribution < 1.29 is 4.92 Å². The highest BCUT2D eigenvalue weighted by molar-refractivity contribution is 6.20. The second-order valence-corrected chi connectivity index (χ2v) is 13.2. The van der Waals surface area contributed by atoms with E-state index in [-0.39, 0.29) is 15.7 Å². The highest BCUT2D eigenvalue weighted by atomic mass is 35.5. The van der Waals surface area contributed by atoms with Gasteiger partial charge in [-0.3, -0.25) is 10.1 Å². The fraction of sp³-hybridized carbons (Fsp3) is 0.926. The Hall–Kier alpha value is -0.570. The van der Waals surface area contributed by atoms with Crippen LogP contribution in [-0.4, -0.2) is 10.3 Å². The van der Waals surface area contributed by atoms with E-state index in [4.69, 9.17) is 11.6 Å². The van der Waals surface area contributed by atoms with Crippen LogP contribution in [0.15, 0.2) is 11.3 Å². The standard InChI is InChI=1S/C27H44ClNO2/c1-17(2)7-6-8-18(3)21-9-10-22-20-16-25(29(30)31)24-15-19(28)11-13-27(24,5)23(20)12-14-26(21,22)4/h17-23H,6-16H2,1-5H3/t18-,19+,20-,21+,22-,23-,26-,27-/m1/s1.